The molecule has 3 rings (SSSR count). The number of hydrogen-bond donors (Lipinski definition) is 1. The van der Waals surface area contributed by atoms with Crippen LogP contribution in [-0.4, -0.2) is 36.1 Å². The number of nitrogens with zero attached hydrogens (tertiary/aromatic N) is 2. The summed E-state index contributed by atoms with van der Waals surface area (Å²) in [5.74, 6) is 0. The molecule has 4 nitrogen and oxygen atoms in total. The zero-order chi connectivity index (χ0) is 11.7. The maximum Gasteiger partial charge on any atom is 0.0913 e. The van der Waals surface area contributed by atoms with Gasteiger partial charge in [-0.1, -0.05) is 18.2 Å². The number of rotatable bonds is 2. The standard InChI is InChI=1S/C13H17N3O/c1-14-11-6-7-17-9-13(11)16-12-5-3-2-4-10(12)8-15-16/h2-5,8,11,13-14H,6-7,9H2,1H3. The van der Waals surface area contributed by atoms with E-state index in [1.165, 1.54) is 10.9 Å². The number of benzene rings is 1. The van der Waals surface area contributed by atoms with Gasteiger partial charge in [-0.05, 0) is 19.5 Å². The fourth-order valence-electron chi connectivity index (χ4n) is 2.56. The summed E-state index contributed by atoms with van der Waals surface area (Å²) in [5, 5.41) is 9.07. The minimum absolute atomic E-state index is 0.286. The lowest BCUT2D eigenvalue weighted by atomic mass is 10.0. The predicted octanol–water partition coefficient (Wildman–Crippen LogP) is 1.59. The molecule has 1 fully saturated rings. The van der Waals surface area contributed by atoms with Crippen molar-refractivity contribution >= 4 is 10.9 Å². The molecule has 0 spiro atoms. The summed E-state index contributed by atoms with van der Waals surface area (Å²) < 4.78 is 7.68. The smallest absolute Gasteiger partial charge is 0.0913 e. The Morgan fingerprint density at radius 3 is 3.18 bits per heavy atom. The molecule has 90 valence electrons. The van der Waals surface area contributed by atoms with Crippen LogP contribution in [0.15, 0.2) is 30.5 Å². The quantitative estimate of drug-likeness (QED) is 0.853. The summed E-state index contributed by atoms with van der Waals surface area (Å²) in [6.45, 7) is 1.57. The molecule has 0 bridgehead atoms. The Bertz CT molecular complexity index is 508. The first kappa shape index (κ1) is 10.7. The van der Waals surface area contributed by atoms with Crippen molar-refractivity contribution in [3.63, 3.8) is 0 Å². The van der Waals surface area contributed by atoms with Crippen molar-refractivity contribution in [3.05, 3.63) is 30.5 Å². The summed E-state index contributed by atoms with van der Waals surface area (Å²) in [6, 6.07) is 9.03. The highest BCUT2D eigenvalue weighted by molar-refractivity contribution is 5.78. The molecule has 0 radical (unpaired) electrons. The fraction of sp³-hybridized carbons (Fsp3) is 0.462. The van der Waals surface area contributed by atoms with Gasteiger partial charge in [-0.25, -0.2) is 0 Å². The number of para-hydroxylation sites is 1. The van der Waals surface area contributed by atoms with E-state index >= 15 is 0 Å². The summed E-state index contributed by atoms with van der Waals surface area (Å²) in [6.07, 6.45) is 2.96. The molecule has 1 aromatic heterocycles. The van der Waals surface area contributed by atoms with E-state index in [4.69, 9.17) is 4.74 Å². The monoisotopic (exact) mass is 231 g/mol. The number of likely N-dealkylation sites (N-methyl/N-ethyl adjacent to an activating group) is 1. The van der Waals surface area contributed by atoms with E-state index in [9.17, 15) is 0 Å². The Balaban J connectivity index is 2.01. The molecule has 1 aromatic carbocycles. The van der Waals surface area contributed by atoms with Crippen LogP contribution in [0.25, 0.3) is 10.9 Å². The first-order valence-corrected chi connectivity index (χ1v) is 6.07. The van der Waals surface area contributed by atoms with Crippen LogP contribution in [0.4, 0.5) is 0 Å². The zero-order valence-corrected chi connectivity index (χ0v) is 9.97. The first-order valence-electron chi connectivity index (χ1n) is 6.07. The average Bonchev–Trinajstić information content (AvgIpc) is 2.82. The molecule has 2 heterocycles. The largest absolute Gasteiger partial charge is 0.379 e. The van der Waals surface area contributed by atoms with Crippen LogP contribution >= 0.6 is 0 Å². The van der Waals surface area contributed by atoms with Crippen molar-refractivity contribution < 1.29 is 4.74 Å². The average molecular weight is 231 g/mol. The van der Waals surface area contributed by atoms with Crippen LogP contribution in [0, 0.1) is 0 Å². The second-order valence-corrected chi connectivity index (χ2v) is 4.47. The maximum atomic E-state index is 5.59. The number of hydrogen-bond acceptors (Lipinski definition) is 3. The molecule has 0 saturated carbocycles. The number of fused-ring (bicyclic) bond motifs is 1. The highest BCUT2D eigenvalue weighted by Crippen LogP contribution is 2.24. The van der Waals surface area contributed by atoms with Crippen LogP contribution in [0.5, 0.6) is 0 Å². The van der Waals surface area contributed by atoms with Crippen molar-refractivity contribution in [2.75, 3.05) is 20.3 Å². The van der Waals surface area contributed by atoms with E-state index < -0.39 is 0 Å². The van der Waals surface area contributed by atoms with Crippen molar-refractivity contribution in [3.8, 4) is 0 Å². The van der Waals surface area contributed by atoms with Gasteiger partial charge in [0.2, 0.25) is 0 Å². The zero-order valence-electron chi connectivity index (χ0n) is 9.97. The number of ether oxygens (including phenoxy) is 1. The molecular formula is C13H17N3O. The molecule has 0 aliphatic carbocycles. The lowest BCUT2D eigenvalue weighted by Crippen LogP contribution is -2.42. The van der Waals surface area contributed by atoms with Gasteiger partial charge in [-0.3, -0.25) is 4.68 Å². The summed E-state index contributed by atoms with van der Waals surface area (Å²) >= 11 is 0. The van der Waals surface area contributed by atoms with E-state index in [1.807, 2.05) is 19.3 Å². The highest BCUT2D eigenvalue weighted by Gasteiger charge is 2.27. The second kappa shape index (κ2) is 4.47. The SMILES string of the molecule is CNC1CCOCC1n1ncc2ccccc21. The Morgan fingerprint density at radius 1 is 1.41 bits per heavy atom. The lowest BCUT2D eigenvalue weighted by Gasteiger charge is -2.31. The van der Waals surface area contributed by atoms with E-state index in [0.29, 0.717) is 6.04 Å². The lowest BCUT2D eigenvalue weighted by molar-refractivity contribution is 0.0363. The van der Waals surface area contributed by atoms with Crippen LogP contribution in [0.3, 0.4) is 0 Å². The van der Waals surface area contributed by atoms with Gasteiger partial charge in [0, 0.05) is 18.0 Å². The Hall–Kier alpha value is -1.39. The molecule has 17 heavy (non-hydrogen) atoms. The minimum atomic E-state index is 0.286. The van der Waals surface area contributed by atoms with Crippen LogP contribution in [-0.2, 0) is 4.74 Å². The molecular weight excluding hydrogens is 214 g/mol. The van der Waals surface area contributed by atoms with Crippen LogP contribution < -0.4 is 5.32 Å². The first-order chi connectivity index (χ1) is 8.40. The molecule has 2 atom stereocenters. The third-order valence-electron chi connectivity index (χ3n) is 3.52. The minimum Gasteiger partial charge on any atom is -0.379 e. The van der Waals surface area contributed by atoms with E-state index in [-0.39, 0.29) is 6.04 Å². The summed E-state index contributed by atoms with van der Waals surface area (Å²) in [5.41, 5.74) is 1.18. The molecule has 0 amide bonds. The van der Waals surface area contributed by atoms with E-state index in [2.05, 4.69) is 33.3 Å². The molecule has 2 aromatic rings. The van der Waals surface area contributed by atoms with Gasteiger partial charge < -0.3 is 10.1 Å². The summed E-state index contributed by atoms with van der Waals surface area (Å²) in [7, 11) is 2.01. The maximum absolute atomic E-state index is 5.59. The van der Waals surface area contributed by atoms with Gasteiger partial charge in [0.15, 0.2) is 0 Å². The van der Waals surface area contributed by atoms with Crippen molar-refractivity contribution in [1.29, 1.82) is 0 Å². The Morgan fingerprint density at radius 2 is 2.29 bits per heavy atom. The fourth-order valence-corrected chi connectivity index (χ4v) is 2.56. The van der Waals surface area contributed by atoms with Crippen molar-refractivity contribution in [1.82, 2.24) is 15.1 Å². The van der Waals surface area contributed by atoms with Gasteiger partial charge in [0.1, 0.15) is 0 Å². The van der Waals surface area contributed by atoms with Crippen LogP contribution in [0.1, 0.15) is 12.5 Å². The predicted molar refractivity (Wildman–Crippen MR) is 67.1 cm³/mol. The molecule has 1 N–H and O–H groups in total. The van der Waals surface area contributed by atoms with Gasteiger partial charge in [-0.15, -0.1) is 0 Å². The topological polar surface area (TPSA) is 39.1 Å². The Kier molecular flexibility index (Phi) is 2.82. The number of aromatic nitrogens is 2. The molecule has 1 aliphatic heterocycles. The number of nitrogens with one attached hydrogen (secondary N) is 1. The third-order valence-corrected chi connectivity index (χ3v) is 3.52. The molecule has 1 saturated heterocycles. The van der Waals surface area contributed by atoms with Gasteiger partial charge >= 0.3 is 0 Å². The van der Waals surface area contributed by atoms with E-state index in [0.717, 1.165) is 19.6 Å². The van der Waals surface area contributed by atoms with Crippen molar-refractivity contribution in [2.45, 2.75) is 18.5 Å². The van der Waals surface area contributed by atoms with Crippen LogP contribution in [0.2, 0.25) is 0 Å². The second-order valence-electron chi connectivity index (χ2n) is 4.47. The van der Waals surface area contributed by atoms with Gasteiger partial charge in [-0.2, -0.15) is 5.10 Å². The van der Waals surface area contributed by atoms with E-state index in [1.54, 1.807) is 0 Å². The highest BCUT2D eigenvalue weighted by atomic mass is 16.5. The molecule has 4 heteroatoms. The normalized spacial score (nSPS) is 25.2. The van der Waals surface area contributed by atoms with Gasteiger partial charge in [0.05, 0.1) is 24.4 Å². The Labute approximate surface area is 101 Å². The molecule has 2 unspecified atom stereocenters. The summed E-state index contributed by atoms with van der Waals surface area (Å²) in [4.78, 5) is 0. The third kappa shape index (κ3) is 1.83. The molecule has 1 aliphatic rings. The van der Waals surface area contributed by atoms with Gasteiger partial charge in [0.25, 0.3) is 0 Å². The van der Waals surface area contributed by atoms with Crippen molar-refractivity contribution in [2.24, 2.45) is 0 Å².